The molecule has 13 heavy (non-hydrogen) atoms. The van der Waals surface area contributed by atoms with Crippen molar-refractivity contribution < 1.29 is 13.2 Å². The third kappa shape index (κ3) is 2.94. The Bertz CT molecular complexity index is 178. The highest BCUT2D eigenvalue weighted by Gasteiger charge is 2.40. The van der Waals surface area contributed by atoms with Gasteiger partial charge in [0, 0.05) is 13.1 Å². The van der Waals surface area contributed by atoms with Gasteiger partial charge < -0.3 is 4.90 Å². The standard InChI is InChI=1S/C9H14F3N/c1-2-5-13-6-3-8(4-7-13)9(10,11)12/h2,5,8H,3-4,6-7H2,1H3/b5-2+. The van der Waals surface area contributed by atoms with Crippen LogP contribution in [-0.4, -0.2) is 24.2 Å². The molecule has 0 spiro atoms. The predicted octanol–water partition coefficient (Wildman–Crippen LogP) is 2.79. The molecule has 0 bridgehead atoms. The Balaban J connectivity index is 2.39. The highest BCUT2D eigenvalue weighted by atomic mass is 19.4. The van der Waals surface area contributed by atoms with E-state index < -0.39 is 12.1 Å². The third-order valence-corrected chi connectivity index (χ3v) is 2.35. The van der Waals surface area contributed by atoms with Crippen molar-refractivity contribution in [1.82, 2.24) is 4.90 Å². The smallest absolute Gasteiger partial charge is 0.378 e. The van der Waals surface area contributed by atoms with Crippen LogP contribution in [0.5, 0.6) is 0 Å². The molecule has 76 valence electrons. The van der Waals surface area contributed by atoms with Crippen molar-refractivity contribution in [2.45, 2.75) is 25.9 Å². The normalized spacial score (nSPS) is 21.4. The van der Waals surface area contributed by atoms with Gasteiger partial charge in [0.2, 0.25) is 0 Å². The van der Waals surface area contributed by atoms with E-state index >= 15 is 0 Å². The summed E-state index contributed by atoms with van der Waals surface area (Å²) in [7, 11) is 0. The average Bonchev–Trinajstić information content (AvgIpc) is 2.04. The molecule has 1 fully saturated rings. The van der Waals surface area contributed by atoms with E-state index in [1.807, 2.05) is 24.1 Å². The Labute approximate surface area is 76.2 Å². The number of likely N-dealkylation sites (tertiary alicyclic amines) is 1. The fourth-order valence-corrected chi connectivity index (χ4v) is 1.59. The maximum absolute atomic E-state index is 12.2. The molecule has 0 amide bonds. The molecule has 0 aromatic carbocycles. The Morgan fingerprint density at radius 1 is 1.23 bits per heavy atom. The van der Waals surface area contributed by atoms with Gasteiger partial charge in [0.25, 0.3) is 0 Å². The Kier molecular flexibility index (Phi) is 3.22. The molecule has 0 atom stereocenters. The summed E-state index contributed by atoms with van der Waals surface area (Å²) in [5, 5.41) is 0. The van der Waals surface area contributed by atoms with Crippen LogP contribution in [0.15, 0.2) is 12.3 Å². The maximum Gasteiger partial charge on any atom is 0.391 e. The quantitative estimate of drug-likeness (QED) is 0.619. The second kappa shape index (κ2) is 4.03. The van der Waals surface area contributed by atoms with Crippen molar-refractivity contribution in [1.29, 1.82) is 0 Å². The van der Waals surface area contributed by atoms with E-state index in [0.29, 0.717) is 13.1 Å². The van der Waals surface area contributed by atoms with Gasteiger partial charge >= 0.3 is 6.18 Å². The molecule has 0 N–H and O–H groups in total. The fourth-order valence-electron chi connectivity index (χ4n) is 1.59. The lowest BCUT2D eigenvalue weighted by Gasteiger charge is -2.31. The summed E-state index contributed by atoms with van der Waals surface area (Å²) in [6, 6.07) is 0. The van der Waals surface area contributed by atoms with E-state index in [9.17, 15) is 13.2 Å². The van der Waals surface area contributed by atoms with Gasteiger partial charge in [0.1, 0.15) is 0 Å². The van der Waals surface area contributed by atoms with Gasteiger partial charge in [-0.25, -0.2) is 0 Å². The first-order valence-corrected chi connectivity index (χ1v) is 4.47. The van der Waals surface area contributed by atoms with Crippen LogP contribution in [0.4, 0.5) is 13.2 Å². The lowest BCUT2D eigenvalue weighted by molar-refractivity contribution is -0.183. The predicted molar refractivity (Wildman–Crippen MR) is 45.2 cm³/mol. The molecular weight excluding hydrogens is 179 g/mol. The zero-order chi connectivity index (χ0) is 9.90. The highest BCUT2D eigenvalue weighted by molar-refractivity contribution is 4.84. The molecule has 1 rings (SSSR count). The molecule has 0 aromatic heterocycles. The van der Waals surface area contributed by atoms with Crippen molar-refractivity contribution in [3.05, 3.63) is 12.3 Å². The lowest BCUT2D eigenvalue weighted by Crippen LogP contribution is -2.36. The zero-order valence-corrected chi connectivity index (χ0v) is 7.64. The second-order valence-electron chi connectivity index (χ2n) is 3.33. The van der Waals surface area contributed by atoms with Crippen LogP contribution in [0.2, 0.25) is 0 Å². The van der Waals surface area contributed by atoms with E-state index in [0.717, 1.165) is 0 Å². The zero-order valence-electron chi connectivity index (χ0n) is 7.64. The molecular formula is C9H14F3N. The van der Waals surface area contributed by atoms with Gasteiger partial charge in [-0.2, -0.15) is 13.2 Å². The number of nitrogens with zero attached hydrogens (tertiary/aromatic N) is 1. The van der Waals surface area contributed by atoms with Gasteiger partial charge in [0.05, 0.1) is 5.92 Å². The van der Waals surface area contributed by atoms with Crippen molar-refractivity contribution in [2.75, 3.05) is 13.1 Å². The molecule has 0 aliphatic carbocycles. The second-order valence-corrected chi connectivity index (χ2v) is 3.33. The summed E-state index contributed by atoms with van der Waals surface area (Å²) >= 11 is 0. The number of rotatable bonds is 1. The van der Waals surface area contributed by atoms with Gasteiger partial charge in [-0.3, -0.25) is 0 Å². The van der Waals surface area contributed by atoms with E-state index in [1.165, 1.54) is 0 Å². The third-order valence-electron chi connectivity index (χ3n) is 2.35. The number of hydrogen-bond acceptors (Lipinski definition) is 1. The minimum atomic E-state index is -4.00. The molecule has 0 radical (unpaired) electrons. The van der Waals surface area contributed by atoms with E-state index in [1.54, 1.807) is 0 Å². The topological polar surface area (TPSA) is 3.24 Å². The highest BCUT2D eigenvalue weighted by Crippen LogP contribution is 2.33. The summed E-state index contributed by atoms with van der Waals surface area (Å²) in [6.07, 6.45) is 0.171. The lowest BCUT2D eigenvalue weighted by atomic mass is 9.97. The van der Waals surface area contributed by atoms with Crippen LogP contribution in [0.25, 0.3) is 0 Å². The van der Waals surface area contributed by atoms with Crippen LogP contribution < -0.4 is 0 Å². The van der Waals surface area contributed by atoms with Crippen LogP contribution >= 0.6 is 0 Å². The van der Waals surface area contributed by atoms with Gasteiger partial charge in [-0.05, 0) is 26.0 Å². The van der Waals surface area contributed by atoms with Crippen molar-refractivity contribution in [2.24, 2.45) is 5.92 Å². The summed E-state index contributed by atoms with van der Waals surface area (Å²) in [4.78, 5) is 1.93. The molecule has 1 heterocycles. The molecule has 1 saturated heterocycles. The SMILES string of the molecule is C/C=C/N1CCC(C(F)(F)F)CC1. The van der Waals surface area contributed by atoms with Crippen LogP contribution in [-0.2, 0) is 0 Å². The molecule has 0 unspecified atom stereocenters. The number of alkyl halides is 3. The van der Waals surface area contributed by atoms with E-state index in [-0.39, 0.29) is 12.8 Å². The number of piperidine rings is 1. The van der Waals surface area contributed by atoms with Gasteiger partial charge in [0.15, 0.2) is 0 Å². The Hall–Kier alpha value is -0.670. The molecule has 1 nitrogen and oxygen atoms in total. The summed E-state index contributed by atoms with van der Waals surface area (Å²) in [5.74, 6) is -1.09. The van der Waals surface area contributed by atoms with Gasteiger partial charge in [-0.1, -0.05) is 6.08 Å². The number of allylic oxidation sites excluding steroid dienone is 1. The van der Waals surface area contributed by atoms with Crippen LogP contribution in [0.3, 0.4) is 0 Å². The maximum atomic E-state index is 12.2. The molecule has 0 saturated carbocycles. The molecule has 4 heteroatoms. The van der Waals surface area contributed by atoms with Crippen molar-refractivity contribution >= 4 is 0 Å². The first kappa shape index (κ1) is 10.4. The Morgan fingerprint density at radius 3 is 2.15 bits per heavy atom. The van der Waals surface area contributed by atoms with Crippen LogP contribution in [0.1, 0.15) is 19.8 Å². The minimum absolute atomic E-state index is 0.230. The minimum Gasteiger partial charge on any atom is -0.378 e. The molecule has 0 aromatic rings. The number of halogens is 3. The first-order valence-electron chi connectivity index (χ1n) is 4.47. The average molecular weight is 193 g/mol. The van der Waals surface area contributed by atoms with Crippen molar-refractivity contribution in [3.8, 4) is 0 Å². The van der Waals surface area contributed by atoms with E-state index in [2.05, 4.69) is 0 Å². The van der Waals surface area contributed by atoms with Gasteiger partial charge in [-0.15, -0.1) is 0 Å². The summed E-state index contributed by atoms with van der Waals surface area (Å²) in [5.41, 5.74) is 0. The van der Waals surface area contributed by atoms with Crippen molar-refractivity contribution in [3.63, 3.8) is 0 Å². The summed E-state index contributed by atoms with van der Waals surface area (Å²) in [6.45, 7) is 2.92. The Morgan fingerprint density at radius 2 is 1.77 bits per heavy atom. The molecule has 1 aliphatic rings. The summed E-state index contributed by atoms with van der Waals surface area (Å²) < 4.78 is 36.7. The largest absolute Gasteiger partial charge is 0.391 e. The van der Waals surface area contributed by atoms with Crippen LogP contribution in [0, 0.1) is 5.92 Å². The number of hydrogen-bond donors (Lipinski definition) is 0. The monoisotopic (exact) mass is 193 g/mol. The fraction of sp³-hybridized carbons (Fsp3) is 0.778. The van der Waals surface area contributed by atoms with E-state index in [4.69, 9.17) is 0 Å². The first-order chi connectivity index (χ1) is 6.04. The molecule has 1 aliphatic heterocycles.